The first-order valence-corrected chi connectivity index (χ1v) is 9.20. The van der Waals surface area contributed by atoms with Gasteiger partial charge in [-0.2, -0.15) is 0 Å². The number of nitrogens with one attached hydrogen (secondary N) is 1. The van der Waals surface area contributed by atoms with Crippen molar-refractivity contribution in [2.45, 2.75) is 18.5 Å². The molecule has 0 aliphatic heterocycles. The van der Waals surface area contributed by atoms with Crippen molar-refractivity contribution in [2.24, 2.45) is 0 Å². The van der Waals surface area contributed by atoms with Crippen molar-refractivity contribution in [3.05, 3.63) is 53.3 Å². The van der Waals surface area contributed by atoms with Crippen LogP contribution in [-0.2, 0) is 4.79 Å². The van der Waals surface area contributed by atoms with Gasteiger partial charge >= 0.3 is 0 Å². The number of aryl methyl sites for hydroxylation is 1. The number of pyridine rings is 1. The quantitative estimate of drug-likeness (QED) is 0.497. The van der Waals surface area contributed by atoms with E-state index in [0.717, 1.165) is 11.1 Å². The van der Waals surface area contributed by atoms with Gasteiger partial charge in [-0.15, -0.1) is 10.2 Å². The maximum absolute atomic E-state index is 12.1. The maximum atomic E-state index is 12.1. The van der Waals surface area contributed by atoms with Crippen LogP contribution < -0.4 is 11.2 Å². The highest BCUT2D eigenvalue weighted by Crippen LogP contribution is 2.23. The predicted octanol–water partition coefficient (Wildman–Crippen LogP) is 3.14. The Bertz CT molecular complexity index is 915. The van der Waals surface area contributed by atoms with E-state index in [1.807, 2.05) is 19.1 Å². The van der Waals surface area contributed by atoms with E-state index in [9.17, 15) is 4.79 Å². The van der Waals surface area contributed by atoms with Crippen molar-refractivity contribution >= 4 is 35.0 Å². The molecule has 2 heterocycles. The lowest BCUT2D eigenvalue weighted by molar-refractivity contribution is -0.115. The molecule has 26 heavy (non-hydrogen) atoms. The van der Waals surface area contributed by atoms with Crippen molar-refractivity contribution in [1.29, 1.82) is 0 Å². The van der Waals surface area contributed by atoms with Crippen LogP contribution in [0.15, 0.2) is 47.9 Å². The van der Waals surface area contributed by atoms with Crippen LogP contribution in [0.25, 0.3) is 11.4 Å². The van der Waals surface area contributed by atoms with Gasteiger partial charge in [0.15, 0.2) is 5.82 Å². The van der Waals surface area contributed by atoms with Gasteiger partial charge in [0.2, 0.25) is 11.1 Å². The van der Waals surface area contributed by atoms with Crippen LogP contribution in [0.3, 0.4) is 0 Å². The summed E-state index contributed by atoms with van der Waals surface area (Å²) in [5, 5.41) is 12.1. The minimum Gasteiger partial charge on any atom is -0.335 e. The molecule has 2 aromatic heterocycles. The molecule has 0 saturated heterocycles. The molecule has 0 atom stereocenters. The third-order valence-electron chi connectivity index (χ3n) is 3.62. The molecule has 134 valence electrons. The summed E-state index contributed by atoms with van der Waals surface area (Å²) in [4.78, 5) is 16.2. The zero-order valence-electron chi connectivity index (χ0n) is 14.0. The first-order chi connectivity index (χ1) is 12.5. The lowest BCUT2D eigenvalue weighted by Gasteiger charge is -2.08. The zero-order chi connectivity index (χ0) is 18.5. The minimum absolute atomic E-state index is 0.0987. The van der Waals surface area contributed by atoms with E-state index in [4.69, 9.17) is 17.4 Å². The molecule has 0 radical (unpaired) electrons. The summed E-state index contributed by atoms with van der Waals surface area (Å²) >= 11 is 7.33. The van der Waals surface area contributed by atoms with E-state index in [0.29, 0.717) is 33.9 Å². The van der Waals surface area contributed by atoms with E-state index in [2.05, 4.69) is 20.5 Å². The number of hydrogen-bond donors (Lipinski definition) is 2. The highest BCUT2D eigenvalue weighted by Gasteiger charge is 2.13. The van der Waals surface area contributed by atoms with Crippen LogP contribution in [0, 0.1) is 6.92 Å². The zero-order valence-corrected chi connectivity index (χ0v) is 15.6. The molecule has 0 aliphatic rings. The fraction of sp³-hybridized carbons (Fsp3) is 0.176. The van der Waals surface area contributed by atoms with Gasteiger partial charge < -0.3 is 11.2 Å². The summed E-state index contributed by atoms with van der Waals surface area (Å²) in [5.74, 6) is 6.99. The summed E-state index contributed by atoms with van der Waals surface area (Å²) in [6, 6.07) is 9.05. The lowest BCUT2D eigenvalue weighted by atomic mass is 10.2. The summed E-state index contributed by atoms with van der Waals surface area (Å²) < 4.78 is 1.40. The Balaban J connectivity index is 1.56. The number of nitrogens with two attached hydrogens (primary N) is 1. The summed E-state index contributed by atoms with van der Waals surface area (Å²) in [6.07, 6.45) is 3.66. The normalized spacial score (nSPS) is 10.7. The molecular formula is C17H17ClN6OS. The van der Waals surface area contributed by atoms with Crippen LogP contribution in [0.1, 0.15) is 12.0 Å². The monoisotopic (exact) mass is 388 g/mol. The van der Waals surface area contributed by atoms with E-state index in [1.165, 1.54) is 16.4 Å². The molecule has 0 unspecified atom stereocenters. The standard InChI is InChI=1S/C17H17ClN6OS/c1-11-4-5-13(18)9-14(11)21-15(25)6-8-26-17-23-22-16(24(17)19)12-3-2-7-20-10-12/h2-5,7,9-10H,6,8,19H2,1H3,(H,21,25). The largest absolute Gasteiger partial charge is 0.335 e. The Morgan fingerprint density at radius 3 is 2.96 bits per heavy atom. The minimum atomic E-state index is -0.0987. The number of rotatable bonds is 6. The number of halogens is 1. The number of amides is 1. The number of hydrogen-bond acceptors (Lipinski definition) is 6. The van der Waals surface area contributed by atoms with Gasteiger partial charge in [-0.25, -0.2) is 4.68 Å². The van der Waals surface area contributed by atoms with Gasteiger partial charge in [0.1, 0.15) is 0 Å². The van der Waals surface area contributed by atoms with Gasteiger partial charge in [-0.05, 0) is 36.8 Å². The highest BCUT2D eigenvalue weighted by atomic mass is 35.5. The molecule has 9 heteroatoms. The maximum Gasteiger partial charge on any atom is 0.225 e. The smallest absolute Gasteiger partial charge is 0.225 e. The summed E-state index contributed by atoms with van der Waals surface area (Å²) in [5.41, 5.74) is 2.45. The molecule has 3 rings (SSSR count). The SMILES string of the molecule is Cc1ccc(Cl)cc1NC(=O)CCSc1nnc(-c2cccnc2)n1N. The second-order valence-corrected chi connectivity index (χ2v) is 7.02. The van der Waals surface area contributed by atoms with Gasteiger partial charge in [0, 0.05) is 40.8 Å². The van der Waals surface area contributed by atoms with Crippen LogP contribution in [0.4, 0.5) is 5.69 Å². The summed E-state index contributed by atoms with van der Waals surface area (Å²) in [6.45, 7) is 1.91. The van der Waals surface area contributed by atoms with Gasteiger partial charge in [0.25, 0.3) is 0 Å². The second kappa shape index (κ2) is 8.20. The van der Waals surface area contributed by atoms with Gasteiger partial charge in [-0.1, -0.05) is 29.4 Å². The topological polar surface area (TPSA) is 98.7 Å². The number of nitrogens with zero attached hydrogens (tertiary/aromatic N) is 4. The molecule has 0 bridgehead atoms. The number of carbonyl (C=O) groups is 1. The van der Waals surface area contributed by atoms with Crippen molar-refractivity contribution in [3.63, 3.8) is 0 Å². The number of anilines is 1. The molecule has 1 aromatic carbocycles. The number of nitrogen functional groups attached to an aromatic ring is 1. The van der Waals surface area contributed by atoms with Gasteiger partial charge in [-0.3, -0.25) is 9.78 Å². The fourth-order valence-electron chi connectivity index (χ4n) is 2.24. The molecular weight excluding hydrogens is 372 g/mol. The number of carbonyl (C=O) groups excluding carboxylic acids is 1. The first kappa shape index (κ1) is 18.2. The third kappa shape index (κ3) is 4.33. The van der Waals surface area contributed by atoms with Crippen molar-refractivity contribution in [1.82, 2.24) is 19.9 Å². The van der Waals surface area contributed by atoms with Crippen LogP contribution in [-0.4, -0.2) is 31.5 Å². The molecule has 7 nitrogen and oxygen atoms in total. The Morgan fingerprint density at radius 1 is 1.35 bits per heavy atom. The lowest BCUT2D eigenvalue weighted by Crippen LogP contribution is -2.14. The molecule has 0 aliphatic carbocycles. The average Bonchev–Trinajstić information content (AvgIpc) is 3.00. The van der Waals surface area contributed by atoms with Crippen LogP contribution >= 0.6 is 23.4 Å². The summed E-state index contributed by atoms with van der Waals surface area (Å²) in [7, 11) is 0. The molecule has 1 amide bonds. The van der Waals surface area contributed by atoms with Crippen molar-refractivity contribution in [2.75, 3.05) is 16.9 Å². The fourth-order valence-corrected chi connectivity index (χ4v) is 3.21. The number of thioether (sulfide) groups is 1. The number of aromatic nitrogens is 4. The average molecular weight is 389 g/mol. The highest BCUT2D eigenvalue weighted by molar-refractivity contribution is 7.99. The molecule has 0 fully saturated rings. The van der Waals surface area contributed by atoms with Crippen molar-refractivity contribution < 1.29 is 4.79 Å². The molecule has 3 aromatic rings. The third-order valence-corrected chi connectivity index (χ3v) is 4.80. The first-order valence-electron chi connectivity index (χ1n) is 7.84. The Hall–Kier alpha value is -2.58. The molecule has 0 spiro atoms. The van der Waals surface area contributed by atoms with E-state index >= 15 is 0 Å². The van der Waals surface area contributed by atoms with Crippen molar-refractivity contribution in [3.8, 4) is 11.4 Å². The number of benzene rings is 1. The van der Waals surface area contributed by atoms with E-state index in [-0.39, 0.29) is 5.91 Å². The van der Waals surface area contributed by atoms with Gasteiger partial charge in [0.05, 0.1) is 0 Å². The Kier molecular flexibility index (Phi) is 5.75. The van der Waals surface area contributed by atoms with Crippen LogP contribution in [0.5, 0.6) is 0 Å². The Labute approximate surface area is 159 Å². The molecule has 3 N–H and O–H groups in total. The molecule has 0 saturated carbocycles. The van der Waals surface area contributed by atoms with Crippen LogP contribution in [0.2, 0.25) is 5.02 Å². The second-order valence-electron chi connectivity index (χ2n) is 5.52. The van der Waals surface area contributed by atoms with E-state index < -0.39 is 0 Å². The predicted molar refractivity (Wildman–Crippen MR) is 104 cm³/mol. The Morgan fingerprint density at radius 2 is 2.19 bits per heavy atom. The van der Waals surface area contributed by atoms with E-state index in [1.54, 1.807) is 30.6 Å².